The summed E-state index contributed by atoms with van der Waals surface area (Å²) < 4.78 is 82.5. The number of anilines is 1. The highest BCUT2D eigenvalue weighted by molar-refractivity contribution is 5.95. The molecule has 0 fully saturated rings. The van der Waals surface area contributed by atoms with Crippen molar-refractivity contribution in [3.05, 3.63) is 58.0 Å². The number of rotatable bonds is 4. The minimum atomic E-state index is -5.03. The maximum absolute atomic E-state index is 12.9. The number of aromatic nitrogens is 2. The number of aromatic amines is 2. The van der Waals surface area contributed by atoms with Crippen molar-refractivity contribution in [2.75, 3.05) is 5.32 Å². The Morgan fingerprint density at radius 2 is 1.50 bits per heavy atom. The number of halogens is 6. The van der Waals surface area contributed by atoms with Gasteiger partial charge in [0, 0.05) is 5.69 Å². The summed E-state index contributed by atoms with van der Waals surface area (Å²) in [6.07, 6.45) is -11.5. The summed E-state index contributed by atoms with van der Waals surface area (Å²) in [5.41, 5.74) is -2.47. The zero-order valence-corrected chi connectivity index (χ0v) is 15.0. The predicted molar refractivity (Wildman–Crippen MR) is 94.1 cm³/mol. The van der Waals surface area contributed by atoms with E-state index in [4.69, 9.17) is 4.74 Å². The Kier molecular flexibility index (Phi) is 5.27. The molecule has 0 aliphatic heterocycles. The molecule has 3 rings (SSSR count). The third-order valence-corrected chi connectivity index (χ3v) is 4.03. The molecule has 3 aromatic rings. The maximum Gasteiger partial charge on any atom is 0.416 e. The Balaban J connectivity index is 1.80. The van der Waals surface area contributed by atoms with Gasteiger partial charge < -0.3 is 20.0 Å². The van der Waals surface area contributed by atoms with Gasteiger partial charge in [0.25, 0.3) is 5.91 Å². The molecule has 12 heteroatoms. The molecule has 0 radical (unpaired) electrons. The molecule has 1 heterocycles. The molecule has 30 heavy (non-hydrogen) atoms. The fourth-order valence-electron chi connectivity index (χ4n) is 2.61. The number of hydrogen-bond acceptors (Lipinski definition) is 3. The predicted octanol–water partition coefficient (Wildman–Crippen LogP) is 4.30. The van der Waals surface area contributed by atoms with Crippen LogP contribution in [0.5, 0.6) is 5.75 Å². The van der Waals surface area contributed by atoms with Gasteiger partial charge in [0.15, 0.2) is 6.10 Å². The summed E-state index contributed by atoms with van der Waals surface area (Å²) in [6.45, 7) is 1.17. The minimum Gasteiger partial charge on any atom is -0.481 e. The molecule has 2 aromatic carbocycles. The Hall–Kier alpha value is -3.44. The van der Waals surface area contributed by atoms with Crippen LogP contribution in [0.4, 0.5) is 32.0 Å². The number of nitrogens with one attached hydrogen (secondary N) is 3. The summed E-state index contributed by atoms with van der Waals surface area (Å²) >= 11 is 0. The van der Waals surface area contributed by atoms with Crippen LogP contribution in [0, 0.1) is 0 Å². The summed E-state index contributed by atoms with van der Waals surface area (Å²) in [5.74, 6) is -1.58. The van der Waals surface area contributed by atoms with E-state index in [0.29, 0.717) is 23.2 Å². The monoisotopic (exact) mass is 433 g/mol. The third-order valence-electron chi connectivity index (χ3n) is 4.03. The molecular weight excluding hydrogens is 420 g/mol. The van der Waals surface area contributed by atoms with Crippen LogP contribution in [0.25, 0.3) is 11.0 Å². The molecule has 0 saturated carbocycles. The molecule has 1 unspecified atom stereocenters. The fourth-order valence-corrected chi connectivity index (χ4v) is 2.61. The van der Waals surface area contributed by atoms with Crippen LogP contribution in [0.1, 0.15) is 18.1 Å². The molecule has 1 amide bonds. The second-order valence-electron chi connectivity index (χ2n) is 6.33. The van der Waals surface area contributed by atoms with Crippen LogP contribution in [-0.2, 0) is 17.1 Å². The van der Waals surface area contributed by atoms with E-state index in [9.17, 15) is 35.9 Å². The van der Waals surface area contributed by atoms with Gasteiger partial charge in [0.2, 0.25) is 0 Å². The fraction of sp³-hybridized carbons (Fsp3) is 0.222. The molecule has 160 valence electrons. The van der Waals surface area contributed by atoms with Gasteiger partial charge >= 0.3 is 18.0 Å². The number of benzene rings is 2. The number of amides is 1. The van der Waals surface area contributed by atoms with E-state index in [-0.39, 0.29) is 11.8 Å². The van der Waals surface area contributed by atoms with Crippen molar-refractivity contribution in [1.82, 2.24) is 9.97 Å². The first kappa shape index (κ1) is 21.3. The highest BCUT2D eigenvalue weighted by Crippen LogP contribution is 2.38. The number of alkyl halides is 6. The summed E-state index contributed by atoms with van der Waals surface area (Å²) in [7, 11) is 0. The van der Waals surface area contributed by atoms with E-state index in [0.717, 1.165) is 0 Å². The molecule has 0 aliphatic carbocycles. The van der Waals surface area contributed by atoms with Gasteiger partial charge in [0.05, 0.1) is 22.2 Å². The van der Waals surface area contributed by atoms with Crippen molar-refractivity contribution in [1.29, 1.82) is 0 Å². The molecule has 0 aliphatic rings. The number of hydrogen-bond donors (Lipinski definition) is 3. The Morgan fingerprint density at radius 3 is 2.07 bits per heavy atom. The topological polar surface area (TPSA) is 87.0 Å². The molecular formula is C18H13F6N3O3. The largest absolute Gasteiger partial charge is 0.481 e. The van der Waals surface area contributed by atoms with E-state index in [1.54, 1.807) is 0 Å². The van der Waals surface area contributed by atoms with Gasteiger partial charge in [-0.2, -0.15) is 26.3 Å². The van der Waals surface area contributed by atoms with E-state index in [2.05, 4.69) is 15.3 Å². The van der Waals surface area contributed by atoms with Gasteiger partial charge in [-0.1, -0.05) is 0 Å². The van der Waals surface area contributed by atoms with Crippen molar-refractivity contribution < 1.29 is 35.9 Å². The Labute approximate surface area is 163 Å². The van der Waals surface area contributed by atoms with Gasteiger partial charge in [-0.3, -0.25) is 4.79 Å². The Morgan fingerprint density at radius 1 is 0.933 bits per heavy atom. The average Bonchev–Trinajstić information content (AvgIpc) is 2.99. The van der Waals surface area contributed by atoms with Gasteiger partial charge in [-0.05, 0) is 43.3 Å². The maximum atomic E-state index is 12.9. The summed E-state index contributed by atoms with van der Waals surface area (Å²) in [4.78, 5) is 28.5. The molecule has 0 spiro atoms. The molecule has 0 bridgehead atoms. The second-order valence-corrected chi connectivity index (χ2v) is 6.33. The van der Waals surface area contributed by atoms with E-state index in [1.807, 2.05) is 0 Å². The lowest BCUT2D eigenvalue weighted by molar-refractivity contribution is -0.143. The summed E-state index contributed by atoms with van der Waals surface area (Å²) in [6, 6.07) is 5.10. The standard InChI is InChI=1S/C18H13F6N3O3/c1-8(15(28)25-11-2-3-13-14(7-11)27-16(29)26-13)30-12-5-9(17(19,20)21)4-10(6-12)18(22,23)24/h2-8H,1H3,(H,25,28)(H2,26,27,29). The normalized spacial score (nSPS) is 13.3. The van der Waals surface area contributed by atoms with E-state index < -0.39 is 46.9 Å². The highest BCUT2D eigenvalue weighted by atomic mass is 19.4. The highest BCUT2D eigenvalue weighted by Gasteiger charge is 2.37. The van der Waals surface area contributed by atoms with Crippen molar-refractivity contribution >= 4 is 22.6 Å². The van der Waals surface area contributed by atoms with E-state index >= 15 is 0 Å². The smallest absolute Gasteiger partial charge is 0.416 e. The van der Waals surface area contributed by atoms with Gasteiger partial charge in [0.1, 0.15) is 5.75 Å². The number of carbonyl (C=O) groups is 1. The average molecular weight is 433 g/mol. The molecule has 3 N–H and O–H groups in total. The lowest BCUT2D eigenvalue weighted by Crippen LogP contribution is -2.30. The third kappa shape index (κ3) is 4.75. The molecule has 6 nitrogen and oxygen atoms in total. The molecule has 1 aromatic heterocycles. The van der Waals surface area contributed by atoms with Crippen LogP contribution in [-0.4, -0.2) is 22.0 Å². The first-order valence-corrected chi connectivity index (χ1v) is 8.32. The minimum absolute atomic E-state index is 0.0372. The first-order valence-electron chi connectivity index (χ1n) is 8.32. The summed E-state index contributed by atoms with van der Waals surface area (Å²) in [5, 5.41) is 2.41. The van der Waals surface area contributed by atoms with Crippen molar-refractivity contribution in [3.8, 4) is 5.75 Å². The van der Waals surface area contributed by atoms with E-state index in [1.165, 1.54) is 25.1 Å². The lowest BCUT2D eigenvalue weighted by atomic mass is 10.1. The van der Waals surface area contributed by atoms with Crippen molar-refractivity contribution in [2.24, 2.45) is 0 Å². The zero-order chi connectivity index (χ0) is 22.3. The first-order chi connectivity index (χ1) is 13.8. The molecule has 1 atom stereocenters. The molecule has 0 saturated heterocycles. The Bertz CT molecular complexity index is 1110. The number of carbonyl (C=O) groups excluding carboxylic acids is 1. The van der Waals surface area contributed by atoms with Crippen LogP contribution in [0.2, 0.25) is 0 Å². The number of H-pyrrole nitrogens is 2. The van der Waals surface area contributed by atoms with Crippen molar-refractivity contribution in [2.45, 2.75) is 25.4 Å². The van der Waals surface area contributed by atoms with Crippen LogP contribution in [0.15, 0.2) is 41.2 Å². The van der Waals surface area contributed by atoms with Crippen LogP contribution < -0.4 is 15.7 Å². The lowest BCUT2D eigenvalue weighted by Gasteiger charge is -2.18. The second kappa shape index (κ2) is 7.43. The number of fused-ring (bicyclic) bond motifs is 1. The van der Waals surface area contributed by atoms with Crippen LogP contribution >= 0.6 is 0 Å². The van der Waals surface area contributed by atoms with Gasteiger partial charge in [-0.15, -0.1) is 0 Å². The number of ether oxygens (including phenoxy) is 1. The SMILES string of the molecule is CC(Oc1cc(C(F)(F)F)cc(C(F)(F)F)c1)C(=O)Nc1ccc2[nH]c(=O)[nH]c2c1. The van der Waals surface area contributed by atoms with Gasteiger partial charge in [-0.25, -0.2) is 4.79 Å². The van der Waals surface area contributed by atoms with Crippen molar-refractivity contribution in [3.63, 3.8) is 0 Å². The van der Waals surface area contributed by atoms with Crippen LogP contribution in [0.3, 0.4) is 0 Å². The zero-order valence-electron chi connectivity index (χ0n) is 15.0. The quantitative estimate of drug-likeness (QED) is 0.537. The number of imidazole rings is 1.